The van der Waals surface area contributed by atoms with E-state index in [1.165, 1.54) is 15.0 Å². The number of hydrogen-bond donors (Lipinski definition) is 0. The molecule has 0 heterocycles. The SMILES string of the molecule is COc1ccc(C2=[C]([Ti])CC=C2)cc1.Cl.Cl. The number of hydrogen-bond acceptors (Lipinski definition) is 1. The summed E-state index contributed by atoms with van der Waals surface area (Å²) in [7, 11) is 1.69. The van der Waals surface area contributed by atoms with E-state index < -0.39 is 0 Å². The maximum atomic E-state index is 5.12. The molecule has 2 rings (SSSR count). The molecule has 0 amide bonds. The zero-order valence-corrected chi connectivity index (χ0v) is 12.1. The maximum absolute atomic E-state index is 5.12. The maximum Gasteiger partial charge on any atom is -0.147 e. The van der Waals surface area contributed by atoms with Gasteiger partial charge in [0.1, 0.15) is 0 Å². The van der Waals surface area contributed by atoms with Crippen molar-refractivity contribution in [3.63, 3.8) is 0 Å². The van der Waals surface area contributed by atoms with E-state index >= 15 is 0 Å². The number of ether oxygens (including phenoxy) is 1. The number of allylic oxidation sites excluding steroid dienone is 4. The molecule has 85 valence electrons. The van der Waals surface area contributed by atoms with Crippen LogP contribution in [0.4, 0.5) is 0 Å². The van der Waals surface area contributed by atoms with Crippen molar-refractivity contribution in [2.24, 2.45) is 0 Å². The van der Waals surface area contributed by atoms with Gasteiger partial charge in [-0.3, -0.25) is 0 Å². The molecule has 0 aliphatic heterocycles. The molecule has 0 bridgehead atoms. The number of rotatable bonds is 2. The van der Waals surface area contributed by atoms with E-state index in [2.05, 4.69) is 44.7 Å². The fraction of sp³-hybridized carbons (Fsp3) is 0.167. The van der Waals surface area contributed by atoms with Crippen LogP contribution in [0.2, 0.25) is 0 Å². The first kappa shape index (κ1) is 15.8. The quantitative estimate of drug-likeness (QED) is 0.754. The van der Waals surface area contributed by atoms with Crippen molar-refractivity contribution < 1.29 is 25.2 Å². The molecule has 1 aliphatic rings. The monoisotopic (exact) mass is 291 g/mol. The molecule has 0 fully saturated rings. The summed E-state index contributed by atoms with van der Waals surface area (Å²) in [5.74, 6) is 0.911. The number of halogens is 2. The Balaban J connectivity index is 0.00000112. The third-order valence-electron chi connectivity index (χ3n) is 2.33. The molecule has 0 saturated heterocycles. The number of methoxy groups -OCH3 is 1. The van der Waals surface area contributed by atoms with Gasteiger partial charge in [0, 0.05) is 0 Å². The Hall–Kier alpha value is -0.206. The second-order valence-electron chi connectivity index (χ2n) is 3.23. The van der Waals surface area contributed by atoms with Gasteiger partial charge in [-0.1, -0.05) is 0 Å². The Morgan fingerprint density at radius 3 is 2.19 bits per heavy atom. The van der Waals surface area contributed by atoms with Gasteiger partial charge in [-0.15, -0.1) is 24.8 Å². The summed E-state index contributed by atoms with van der Waals surface area (Å²) in [5, 5.41) is 0. The first-order valence-corrected chi connectivity index (χ1v) is 5.35. The van der Waals surface area contributed by atoms with Crippen molar-refractivity contribution in [3.05, 3.63) is 45.9 Å². The third kappa shape index (κ3) is 3.39. The molecule has 1 aromatic carbocycles. The first-order valence-electron chi connectivity index (χ1n) is 4.57. The van der Waals surface area contributed by atoms with Crippen molar-refractivity contribution in [1.82, 2.24) is 0 Å². The summed E-state index contributed by atoms with van der Waals surface area (Å²) >= 11 is 2.18. The standard InChI is InChI=1S/C12H11O.2ClH.Ti/c1-13-12-8-6-11(7-9-12)10-4-2-3-5-10;;;/h2,4,6-9H,3H2,1H3;2*1H;. The van der Waals surface area contributed by atoms with Crippen LogP contribution < -0.4 is 4.74 Å². The van der Waals surface area contributed by atoms with Gasteiger partial charge in [0.15, 0.2) is 0 Å². The van der Waals surface area contributed by atoms with E-state index in [-0.39, 0.29) is 24.8 Å². The van der Waals surface area contributed by atoms with Crippen molar-refractivity contribution in [3.8, 4) is 5.75 Å². The molecule has 4 heteroatoms. The summed E-state index contributed by atoms with van der Waals surface area (Å²) in [4.78, 5) is 0. The molecule has 0 aromatic heterocycles. The van der Waals surface area contributed by atoms with Crippen LogP contribution in [0.15, 0.2) is 40.3 Å². The molecule has 0 spiro atoms. The summed E-state index contributed by atoms with van der Waals surface area (Å²) < 4.78 is 6.56. The molecule has 0 radical (unpaired) electrons. The largest absolute Gasteiger partial charge is 0.147 e. The molecule has 16 heavy (non-hydrogen) atoms. The van der Waals surface area contributed by atoms with E-state index in [1.807, 2.05) is 12.1 Å². The summed E-state index contributed by atoms with van der Waals surface area (Å²) in [6.45, 7) is 0. The van der Waals surface area contributed by atoms with Crippen LogP contribution in [0.3, 0.4) is 0 Å². The predicted molar refractivity (Wildman–Crippen MR) is 68.2 cm³/mol. The second-order valence-corrected chi connectivity index (χ2v) is 4.17. The Morgan fingerprint density at radius 2 is 1.75 bits per heavy atom. The van der Waals surface area contributed by atoms with Gasteiger partial charge in [0.05, 0.1) is 0 Å². The van der Waals surface area contributed by atoms with E-state index in [4.69, 9.17) is 4.74 Å². The van der Waals surface area contributed by atoms with Crippen molar-refractivity contribution in [1.29, 1.82) is 0 Å². The van der Waals surface area contributed by atoms with Gasteiger partial charge in [0.2, 0.25) is 0 Å². The van der Waals surface area contributed by atoms with Crippen LogP contribution in [0.5, 0.6) is 5.75 Å². The third-order valence-corrected chi connectivity index (χ3v) is 3.07. The smallest absolute Gasteiger partial charge is 0.147 e. The Bertz CT molecular complexity index is 396. The van der Waals surface area contributed by atoms with Crippen LogP contribution in [0.25, 0.3) is 5.57 Å². The molecule has 0 N–H and O–H groups in total. The van der Waals surface area contributed by atoms with Gasteiger partial charge in [-0.25, -0.2) is 0 Å². The minimum atomic E-state index is 0. The summed E-state index contributed by atoms with van der Waals surface area (Å²) in [5.41, 5.74) is 2.63. The topological polar surface area (TPSA) is 9.23 Å². The minimum absolute atomic E-state index is 0. The van der Waals surface area contributed by atoms with Crippen LogP contribution in [0.1, 0.15) is 12.0 Å². The second kappa shape index (κ2) is 7.18. The fourth-order valence-corrected chi connectivity index (χ4v) is 2.09. The van der Waals surface area contributed by atoms with Gasteiger partial charge < -0.3 is 0 Å². The molecule has 0 unspecified atom stereocenters. The van der Waals surface area contributed by atoms with Crippen LogP contribution >= 0.6 is 24.8 Å². The normalized spacial score (nSPS) is 13.0. The van der Waals surface area contributed by atoms with Gasteiger partial charge in [0.25, 0.3) is 0 Å². The molecule has 1 aromatic rings. The summed E-state index contributed by atoms with van der Waals surface area (Å²) in [6.07, 6.45) is 5.48. The van der Waals surface area contributed by atoms with Gasteiger partial charge in [-0.05, 0) is 0 Å². The van der Waals surface area contributed by atoms with E-state index in [9.17, 15) is 0 Å². The molecule has 0 atom stereocenters. The molecule has 1 nitrogen and oxygen atoms in total. The van der Waals surface area contributed by atoms with Gasteiger partial charge >= 0.3 is 95.9 Å². The fourth-order valence-electron chi connectivity index (χ4n) is 1.55. The van der Waals surface area contributed by atoms with Gasteiger partial charge in [-0.2, -0.15) is 0 Å². The Morgan fingerprint density at radius 1 is 1.12 bits per heavy atom. The van der Waals surface area contributed by atoms with Crippen LogP contribution in [0, 0.1) is 0 Å². The van der Waals surface area contributed by atoms with Crippen molar-refractivity contribution >= 4 is 30.4 Å². The molecule has 1 aliphatic carbocycles. The molecular weight excluding hydrogens is 279 g/mol. The zero-order valence-electron chi connectivity index (χ0n) is 8.90. The Labute approximate surface area is 120 Å². The summed E-state index contributed by atoms with van der Waals surface area (Å²) in [6, 6.07) is 8.21. The minimum Gasteiger partial charge on any atom is -0.147 e. The van der Waals surface area contributed by atoms with Crippen LogP contribution in [-0.4, -0.2) is 7.11 Å². The molecular formula is C12H13Cl2OTi. The number of benzene rings is 1. The zero-order chi connectivity index (χ0) is 9.97. The van der Waals surface area contributed by atoms with Crippen molar-refractivity contribution in [2.45, 2.75) is 6.42 Å². The van der Waals surface area contributed by atoms with E-state index in [0.717, 1.165) is 12.2 Å². The van der Waals surface area contributed by atoms with E-state index in [1.54, 1.807) is 7.11 Å². The predicted octanol–water partition coefficient (Wildman–Crippen LogP) is 3.76. The van der Waals surface area contributed by atoms with E-state index in [0.29, 0.717) is 0 Å². The van der Waals surface area contributed by atoms with Crippen molar-refractivity contribution in [2.75, 3.05) is 7.11 Å². The van der Waals surface area contributed by atoms with Crippen LogP contribution in [-0.2, 0) is 20.4 Å². The average molecular weight is 292 g/mol. The first-order chi connectivity index (χ1) is 6.81. The molecule has 0 saturated carbocycles. The average Bonchev–Trinajstić information content (AvgIpc) is 2.65. The Kier molecular flexibility index (Phi) is 7.09.